The van der Waals surface area contributed by atoms with Gasteiger partial charge in [-0.1, -0.05) is 23.2 Å². The number of halogens is 2. The van der Waals surface area contributed by atoms with Crippen molar-refractivity contribution in [1.29, 1.82) is 0 Å². The van der Waals surface area contributed by atoms with Gasteiger partial charge >= 0.3 is 0 Å². The number of nitrogens with zero attached hydrogens (tertiary/aromatic N) is 5. The summed E-state index contributed by atoms with van der Waals surface area (Å²) in [4.78, 5) is 2.15. The van der Waals surface area contributed by atoms with E-state index in [1.54, 1.807) is 22.7 Å². The average molecular weight is 378 g/mol. The van der Waals surface area contributed by atoms with Crippen LogP contribution in [-0.2, 0) is 0 Å². The van der Waals surface area contributed by atoms with Crippen molar-refractivity contribution in [1.82, 2.24) is 19.8 Å². The third-order valence-corrected chi connectivity index (χ3v) is 4.96. The van der Waals surface area contributed by atoms with E-state index >= 15 is 0 Å². The van der Waals surface area contributed by atoms with Crippen LogP contribution in [0.4, 0.5) is 5.82 Å². The monoisotopic (exact) mass is 377 g/mol. The summed E-state index contributed by atoms with van der Waals surface area (Å²) in [6.45, 7) is 0.652. The molecule has 0 atom stereocenters. The van der Waals surface area contributed by atoms with E-state index in [-0.39, 0.29) is 6.61 Å². The molecule has 0 saturated heterocycles. The number of anilines is 1. The molecule has 25 heavy (non-hydrogen) atoms. The minimum Gasteiger partial charge on any atom is -0.395 e. The fraction of sp³-hybridized carbons (Fsp3) is 0.353. The number of hydrogen-bond donors (Lipinski definition) is 1. The molecule has 4 rings (SSSR count). The van der Waals surface area contributed by atoms with Gasteiger partial charge in [0, 0.05) is 28.2 Å². The lowest BCUT2D eigenvalue weighted by Gasteiger charge is -2.37. The van der Waals surface area contributed by atoms with E-state index in [1.807, 2.05) is 12.1 Å². The van der Waals surface area contributed by atoms with E-state index in [1.165, 1.54) is 6.42 Å². The van der Waals surface area contributed by atoms with Crippen LogP contribution < -0.4 is 4.90 Å². The number of aliphatic hydroxyl groups excluding tert-OH is 1. The summed E-state index contributed by atoms with van der Waals surface area (Å²) in [5.41, 5.74) is 1.40. The molecule has 0 spiro atoms. The van der Waals surface area contributed by atoms with E-state index in [0.717, 1.165) is 24.2 Å². The molecular weight excluding hydrogens is 361 g/mol. The lowest BCUT2D eigenvalue weighted by atomic mass is 9.91. The van der Waals surface area contributed by atoms with E-state index in [2.05, 4.69) is 15.1 Å². The Hall–Kier alpha value is -1.89. The van der Waals surface area contributed by atoms with E-state index in [0.29, 0.717) is 34.1 Å². The minimum absolute atomic E-state index is 0.0924. The van der Waals surface area contributed by atoms with Gasteiger partial charge in [0.1, 0.15) is 5.82 Å². The highest BCUT2D eigenvalue weighted by Crippen LogP contribution is 2.30. The molecule has 1 aliphatic carbocycles. The summed E-state index contributed by atoms with van der Waals surface area (Å²) in [6, 6.07) is 9.48. The summed E-state index contributed by atoms with van der Waals surface area (Å²) in [7, 11) is 0. The molecular formula is C17H17Cl2N5O. The lowest BCUT2D eigenvalue weighted by molar-refractivity contribution is 0.282. The third kappa shape index (κ3) is 3.17. The summed E-state index contributed by atoms with van der Waals surface area (Å²) >= 11 is 12.2. The molecule has 6 nitrogen and oxygen atoms in total. The number of rotatable bonds is 5. The highest BCUT2D eigenvalue weighted by molar-refractivity contribution is 6.35. The topological polar surface area (TPSA) is 66.5 Å². The van der Waals surface area contributed by atoms with Crippen molar-refractivity contribution < 1.29 is 5.11 Å². The summed E-state index contributed by atoms with van der Waals surface area (Å²) in [5, 5.41) is 23.6. The molecule has 130 valence electrons. The summed E-state index contributed by atoms with van der Waals surface area (Å²) < 4.78 is 1.69. The largest absolute Gasteiger partial charge is 0.395 e. The van der Waals surface area contributed by atoms with Gasteiger partial charge in [-0.05, 0) is 49.6 Å². The Morgan fingerprint density at radius 1 is 1.12 bits per heavy atom. The molecule has 2 heterocycles. The second-order valence-electron chi connectivity index (χ2n) is 6.14. The lowest BCUT2D eigenvalue weighted by Crippen LogP contribution is -2.42. The first kappa shape index (κ1) is 16.6. The van der Waals surface area contributed by atoms with Gasteiger partial charge in [0.05, 0.1) is 6.61 Å². The Morgan fingerprint density at radius 3 is 2.52 bits per heavy atom. The van der Waals surface area contributed by atoms with Gasteiger partial charge in [-0.3, -0.25) is 0 Å². The van der Waals surface area contributed by atoms with Crippen LogP contribution in [-0.4, -0.2) is 44.1 Å². The molecule has 0 unspecified atom stereocenters. The molecule has 8 heteroatoms. The maximum Gasteiger partial charge on any atom is 0.185 e. The van der Waals surface area contributed by atoms with Gasteiger partial charge < -0.3 is 10.0 Å². The van der Waals surface area contributed by atoms with Crippen molar-refractivity contribution in [2.45, 2.75) is 25.3 Å². The molecule has 0 amide bonds. The standard InChI is InChI=1S/C17H17Cl2N5O/c18-12-8-11(9-13(19)10-12)17-21-20-15-4-5-16(22-24(15)17)23(6-7-25)14-2-1-3-14/h4-5,8-10,14,25H,1-3,6-7H2. The molecule has 1 N–H and O–H groups in total. The number of aliphatic hydroxyl groups is 1. The molecule has 0 bridgehead atoms. The first-order chi connectivity index (χ1) is 12.2. The average Bonchev–Trinajstić information content (AvgIpc) is 2.95. The van der Waals surface area contributed by atoms with E-state index < -0.39 is 0 Å². The zero-order valence-corrected chi connectivity index (χ0v) is 15.0. The van der Waals surface area contributed by atoms with E-state index in [4.69, 9.17) is 28.3 Å². The molecule has 2 aromatic heterocycles. The molecule has 1 fully saturated rings. The van der Waals surface area contributed by atoms with Crippen molar-refractivity contribution in [2.75, 3.05) is 18.1 Å². The van der Waals surface area contributed by atoms with Crippen molar-refractivity contribution in [3.63, 3.8) is 0 Å². The SMILES string of the molecule is OCCN(c1ccc2nnc(-c3cc(Cl)cc(Cl)c3)n2n1)C1CCC1. The fourth-order valence-electron chi connectivity index (χ4n) is 3.09. The van der Waals surface area contributed by atoms with Crippen molar-refractivity contribution >= 4 is 34.7 Å². The maximum absolute atomic E-state index is 9.40. The van der Waals surface area contributed by atoms with Crippen molar-refractivity contribution in [2.24, 2.45) is 0 Å². The minimum atomic E-state index is 0.0924. The molecule has 1 aliphatic rings. The second kappa shape index (κ2) is 6.78. The Morgan fingerprint density at radius 2 is 1.88 bits per heavy atom. The van der Waals surface area contributed by atoms with Crippen LogP contribution in [0.5, 0.6) is 0 Å². The van der Waals surface area contributed by atoms with Crippen LogP contribution in [0.3, 0.4) is 0 Å². The highest BCUT2D eigenvalue weighted by atomic mass is 35.5. The molecule has 3 aromatic rings. The maximum atomic E-state index is 9.40. The Labute approximate surface area is 155 Å². The molecule has 1 saturated carbocycles. The van der Waals surface area contributed by atoms with Gasteiger partial charge in [-0.25, -0.2) is 0 Å². The van der Waals surface area contributed by atoms with Gasteiger partial charge in [-0.2, -0.15) is 4.52 Å². The first-order valence-corrected chi connectivity index (χ1v) is 8.98. The molecule has 0 aliphatic heterocycles. The zero-order chi connectivity index (χ0) is 17.4. The van der Waals surface area contributed by atoms with Gasteiger partial charge in [0.25, 0.3) is 0 Å². The molecule has 0 radical (unpaired) electrons. The number of benzene rings is 1. The smallest absolute Gasteiger partial charge is 0.185 e. The Balaban J connectivity index is 1.79. The Bertz CT molecular complexity index is 889. The van der Waals surface area contributed by atoms with Crippen LogP contribution in [0.2, 0.25) is 10.0 Å². The van der Waals surface area contributed by atoms with Gasteiger partial charge in [-0.15, -0.1) is 15.3 Å². The highest BCUT2D eigenvalue weighted by Gasteiger charge is 2.26. The van der Waals surface area contributed by atoms with Crippen molar-refractivity contribution in [3.05, 3.63) is 40.4 Å². The number of fused-ring (bicyclic) bond motifs is 1. The summed E-state index contributed by atoms with van der Waals surface area (Å²) in [6.07, 6.45) is 3.46. The summed E-state index contributed by atoms with van der Waals surface area (Å²) in [5.74, 6) is 1.39. The third-order valence-electron chi connectivity index (χ3n) is 4.52. The van der Waals surface area contributed by atoms with Gasteiger partial charge in [0.2, 0.25) is 0 Å². The van der Waals surface area contributed by atoms with Crippen LogP contribution >= 0.6 is 23.2 Å². The molecule has 1 aromatic carbocycles. The zero-order valence-electron chi connectivity index (χ0n) is 13.4. The normalized spacial score (nSPS) is 14.7. The van der Waals surface area contributed by atoms with Crippen LogP contribution in [0.15, 0.2) is 30.3 Å². The predicted molar refractivity (Wildman–Crippen MR) is 98.3 cm³/mol. The van der Waals surface area contributed by atoms with Crippen molar-refractivity contribution in [3.8, 4) is 11.4 Å². The predicted octanol–water partition coefficient (Wildman–Crippen LogP) is 3.45. The fourth-order valence-corrected chi connectivity index (χ4v) is 3.61. The first-order valence-electron chi connectivity index (χ1n) is 8.22. The number of hydrogen-bond acceptors (Lipinski definition) is 5. The van der Waals surface area contributed by atoms with Crippen LogP contribution in [0.1, 0.15) is 19.3 Å². The van der Waals surface area contributed by atoms with Crippen LogP contribution in [0, 0.1) is 0 Å². The van der Waals surface area contributed by atoms with Gasteiger partial charge in [0.15, 0.2) is 11.5 Å². The quantitative estimate of drug-likeness (QED) is 0.737. The van der Waals surface area contributed by atoms with E-state index in [9.17, 15) is 5.11 Å². The van der Waals surface area contributed by atoms with Crippen LogP contribution in [0.25, 0.3) is 17.0 Å². The second-order valence-corrected chi connectivity index (χ2v) is 7.02. The Kier molecular flexibility index (Phi) is 4.50. The number of aromatic nitrogens is 4.